The van der Waals surface area contributed by atoms with Gasteiger partial charge in [0.2, 0.25) is 0 Å². The zero-order valence-corrected chi connectivity index (χ0v) is 15.2. The summed E-state index contributed by atoms with van der Waals surface area (Å²) in [6.07, 6.45) is 4.13. The van der Waals surface area contributed by atoms with E-state index in [1.54, 1.807) is 13.8 Å². The van der Waals surface area contributed by atoms with E-state index in [0.717, 1.165) is 28.7 Å². The Balaban J connectivity index is 2.70. The van der Waals surface area contributed by atoms with Crippen molar-refractivity contribution in [3.8, 4) is 0 Å². The predicted molar refractivity (Wildman–Crippen MR) is 95.2 cm³/mol. The first-order valence-electron chi connectivity index (χ1n) is 7.68. The third-order valence-corrected chi connectivity index (χ3v) is 5.22. The molecular weight excluding hydrogens is 299 g/mol. The largest absolute Gasteiger partial charge is 0.368 e. The van der Waals surface area contributed by atoms with Crippen LogP contribution in [0.25, 0.3) is 0 Å². The van der Waals surface area contributed by atoms with Crippen LogP contribution in [-0.2, 0) is 0 Å². The Kier molecular flexibility index (Phi) is 6.99. The van der Waals surface area contributed by atoms with Crippen LogP contribution in [0, 0.1) is 0 Å². The third-order valence-electron chi connectivity index (χ3n) is 3.70. The minimum atomic E-state index is -1.12. The first-order chi connectivity index (χ1) is 10.1. The number of rotatable bonds is 7. The molecule has 22 heavy (non-hydrogen) atoms. The molecule has 0 amide bonds. The van der Waals surface area contributed by atoms with E-state index >= 15 is 0 Å². The van der Waals surface area contributed by atoms with Crippen molar-refractivity contribution >= 4 is 8.58 Å². The highest BCUT2D eigenvalue weighted by Gasteiger charge is 2.34. The molecule has 1 heterocycles. The van der Waals surface area contributed by atoms with Crippen molar-refractivity contribution in [3.63, 3.8) is 0 Å². The van der Waals surface area contributed by atoms with Gasteiger partial charge in [0.25, 0.3) is 0 Å². The zero-order valence-electron chi connectivity index (χ0n) is 14.2. The number of halogens is 2. The standard InChI is InChI=1S/C18H28F2NP/c1-13(2)17(21-10-9-18(6,20)12-21)8-7-14(3)16(5)22-11-15(4)19/h7-8,15,22H,3,5,9-12H2,1-2,4,6H3/b8-7-. The molecule has 3 atom stereocenters. The highest BCUT2D eigenvalue weighted by atomic mass is 31.1. The van der Waals surface area contributed by atoms with Crippen molar-refractivity contribution in [1.82, 2.24) is 4.90 Å². The number of nitrogens with zero attached hydrogens (tertiary/aromatic N) is 1. The molecule has 1 aliphatic rings. The lowest BCUT2D eigenvalue weighted by atomic mass is 10.1. The second-order valence-electron chi connectivity index (χ2n) is 6.47. The zero-order chi connectivity index (χ0) is 16.9. The van der Waals surface area contributed by atoms with E-state index in [4.69, 9.17) is 0 Å². The normalized spacial score (nSPS) is 23.5. The molecular formula is C18H28F2NP. The summed E-state index contributed by atoms with van der Waals surface area (Å²) in [4.78, 5) is 2.08. The lowest BCUT2D eigenvalue weighted by molar-refractivity contribution is 0.200. The SMILES string of the molecule is C=C(/C=C\C(=C(C)C)N1CCC(C)(F)C1)C(=C)PCC(C)F. The molecule has 0 saturated carbocycles. The first-order valence-corrected chi connectivity index (χ1v) is 8.88. The highest BCUT2D eigenvalue weighted by Crippen LogP contribution is 2.32. The number of hydrogen-bond donors (Lipinski definition) is 0. The molecule has 0 spiro atoms. The van der Waals surface area contributed by atoms with Gasteiger partial charge in [-0.3, -0.25) is 0 Å². The van der Waals surface area contributed by atoms with Gasteiger partial charge < -0.3 is 4.90 Å². The molecule has 1 saturated heterocycles. The van der Waals surface area contributed by atoms with E-state index in [-0.39, 0.29) is 0 Å². The molecule has 0 aliphatic carbocycles. The van der Waals surface area contributed by atoms with Gasteiger partial charge in [-0.15, -0.1) is 0 Å². The Morgan fingerprint density at radius 1 is 1.36 bits per heavy atom. The van der Waals surface area contributed by atoms with Crippen molar-refractivity contribution in [2.24, 2.45) is 0 Å². The minimum Gasteiger partial charge on any atom is -0.368 e. The average molecular weight is 327 g/mol. The van der Waals surface area contributed by atoms with E-state index in [2.05, 4.69) is 18.1 Å². The van der Waals surface area contributed by atoms with Gasteiger partial charge in [-0.05, 0) is 50.8 Å². The van der Waals surface area contributed by atoms with Crippen LogP contribution < -0.4 is 0 Å². The Morgan fingerprint density at radius 3 is 2.45 bits per heavy atom. The van der Waals surface area contributed by atoms with Gasteiger partial charge >= 0.3 is 0 Å². The maximum Gasteiger partial charge on any atom is 0.127 e. The van der Waals surface area contributed by atoms with Crippen molar-refractivity contribution < 1.29 is 8.78 Å². The molecule has 0 N–H and O–H groups in total. The summed E-state index contributed by atoms with van der Waals surface area (Å²) in [5.41, 5.74) is 1.89. The van der Waals surface area contributed by atoms with Crippen LogP contribution in [-0.4, -0.2) is 36.0 Å². The van der Waals surface area contributed by atoms with E-state index < -0.39 is 11.8 Å². The van der Waals surface area contributed by atoms with Gasteiger partial charge in [-0.1, -0.05) is 33.4 Å². The van der Waals surface area contributed by atoms with Crippen LogP contribution in [0.15, 0.2) is 47.5 Å². The van der Waals surface area contributed by atoms with Crippen LogP contribution >= 0.6 is 8.58 Å². The maximum atomic E-state index is 14.0. The molecule has 1 rings (SSSR count). The summed E-state index contributed by atoms with van der Waals surface area (Å²) in [6.45, 7) is 16.4. The lowest BCUT2D eigenvalue weighted by Gasteiger charge is -2.22. The van der Waals surface area contributed by atoms with Gasteiger partial charge in [0.1, 0.15) is 11.8 Å². The maximum absolute atomic E-state index is 14.0. The van der Waals surface area contributed by atoms with Crippen molar-refractivity contribution in [3.05, 3.63) is 47.5 Å². The molecule has 0 radical (unpaired) electrons. The second kappa shape index (κ2) is 8.06. The van der Waals surface area contributed by atoms with Crippen LogP contribution in [0.2, 0.25) is 0 Å². The first kappa shape index (κ1) is 19.1. The second-order valence-corrected chi connectivity index (χ2v) is 7.83. The quantitative estimate of drug-likeness (QED) is 0.448. The molecule has 1 nitrogen and oxygen atoms in total. The van der Waals surface area contributed by atoms with Crippen LogP contribution in [0.1, 0.15) is 34.1 Å². The average Bonchev–Trinajstić information content (AvgIpc) is 2.75. The fourth-order valence-electron chi connectivity index (χ4n) is 2.38. The Hall–Kier alpha value is -0.950. The Labute approximate surface area is 135 Å². The molecule has 0 aromatic rings. The molecule has 0 aromatic heterocycles. The van der Waals surface area contributed by atoms with Gasteiger partial charge in [-0.2, -0.15) is 0 Å². The van der Waals surface area contributed by atoms with Gasteiger partial charge in [-0.25, -0.2) is 8.78 Å². The molecule has 0 aromatic carbocycles. The van der Waals surface area contributed by atoms with Crippen LogP contribution in [0.4, 0.5) is 8.78 Å². The van der Waals surface area contributed by atoms with Gasteiger partial charge in [0.05, 0.1) is 6.54 Å². The predicted octanol–water partition coefficient (Wildman–Crippen LogP) is 5.38. The van der Waals surface area contributed by atoms with Crippen molar-refractivity contribution in [2.45, 2.75) is 46.0 Å². The number of likely N-dealkylation sites (tertiary alicyclic amines) is 1. The van der Waals surface area contributed by atoms with E-state index in [1.807, 2.05) is 26.0 Å². The minimum absolute atomic E-state index is 0.353. The Morgan fingerprint density at radius 2 is 2.00 bits per heavy atom. The van der Waals surface area contributed by atoms with Crippen LogP contribution in [0.3, 0.4) is 0 Å². The summed E-state index contributed by atoms with van der Waals surface area (Å²) in [5, 5.41) is 0.880. The lowest BCUT2D eigenvalue weighted by Crippen LogP contribution is -2.25. The third kappa shape index (κ3) is 6.04. The topological polar surface area (TPSA) is 3.24 Å². The summed E-state index contributed by atoms with van der Waals surface area (Å²) in [5.74, 6) is 0. The smallest absolute Gasteiger partial charge is 0.127 e. The summed E-state index contributed by atoms with van der Waals surface area (Å²) in [6, 6.07) is 0. The van der Waals surface area contributed by atoms with E-state index in [1.165, 1.54) is 0 Å². The van der Waals surface area contributed by atoms with Crippen molar-refractivity contribution in [2.75, 3.05) is 19.3 Å². The van der Waals surface area contributed by atoms with E-state index in [9.17, 15) is 8.78 Å². The molecule has 3 unspecified atom stereocenters. The number of alkyl halides is 2. The molecule has 1 fully saturated rings. The number of hydrogen-bond acceptors (Lipinski definition) is 1. The number of allylic oxidation sites excluding steroid dienone is 5. The van der Waals surface area contributed by atoms with Crippen molar-refractivity contribution in [1.29, 1.82) is 0 Å². The Bertz CT molecular complexity index is 485. The molecule has 124 valence electrons. The summed E-state index contributed by atoms with van der Waals surface area (Å²) >= 11 is 0. The van der Waals surface area contributed by atoms with E-state index in [0.29, 0.717) is 27.7 Å². The molecule has 1 aliphatic heterocycles. The molecule has 0 bridgehead atoms. The monoisotopic (exact) mass is 327 g/mol. The fourth-order valence-corrected chi connectivity index (χ4v) is 3.21. The van der Waals surface area contributed by atoms with Gasteiger partial charge in [0.15, 0.2) is 0 Å². The highest BCUT2D eigenvalue weighted by molar-refractivity contribution is 7.43. The van der Waals surface area contributed by atoms with Gasteiger partial charge in [0, 0.05) is 18.7 Å². The summed E-state index contributed by atoms with van der Waals surface area (Å²) < 4.78 is 26.9. The fraction of sp³-hybridized carbons (Fsp3) is 0.556. The molecule has 4 heteroatoms. The van der Waals surface area contributed by atoms with Crippen LogP contribution in [0.5, 0.6) is 0 Å². The summed E-state index contributed by atoms with van der Waals surface area (Å²) in [7, 11) is 0.353.